The lowest BCUT2D eigenvalue weighted by Gasteiger charge is -2.10. The molecule has 3 aromatic rings. The van der Waals surface area contributed by atoms with Crippen LogP contribution in [0.4, 0.5) is 4.39 Å². The van der Waals surface area contributed by atoms with Crippen LogP contribution in [-0.2, 0) is 6.54 Å². The monoisotopic (exact) mass is 386 g/mol. The van der Waals surface area contributed by atoms with Crippen LogP contribution >= 0.6 is 11.3 Å². The van der Waals surface area contributed by atoms with Crippen molar-refractivity contribution in [3.05, 3.63) is 64.4 Å². The van der Waals surface area contributed by atoms with E-state index in [4.69, 9.17) is 9.47 Å². The molecule has 0 spiro atoms. The Bertz CT molecular complexity index is 972. The van der Waals surface area contributed by atoms with Crippen LogP contribution in [0.5, 0.6) is 11.5 Å². The number of aromatic nitrogens is 1. The number of halogens is 1. The van der Waals surface area contributed by atoms with Gasteiger partial charge in [0.1, 0.15) is 16.5 Å². The van der Waals surface area contributed by atoms with Gasteiger partial charge in [-0.15, -0.1) is 11.3 Å². The summed E-state index contributed by atoms with van der Waals surface area (Å²) in [7, 11) is 3.13. The molecule has 0 radical (unpaired) electrons. The van der Waals surface area contributed by atoms with Crippen LogP contribution in [0, 0.1) is 12.7 Å². The van der Waals surface area contributed by atoms with E-state index < -0.39 is 0 Å². The lowest BCUT2D eigenvalue weighted by atomic mass is 10.1. The minimum Gasteiger partial charge on any atom is -0.493 e. The molecule has 140 valence electrons. The van der Waals surface area contributed by atoms with Gasteiger partial charge in [-0.3, -0.25) is 4.79 Å². The first kappa shape index (κ1) is 18.8. The van der Waals surface area contributed by atoms with E-state index in [-0.39, 0.29) is 11.7 Å². The number of amides is 1. The van der Waals surface area contributed by atoms with Crippen molar-refractivity contribution < 1.29 is 18.7 Å². The van der Waals surface area contributed by atoms with Gasteiger partial charge in [-0.25, -0.2) is 9.37 Å². The number of benzene rings is 2. The van der Waals surface area contributed by atoms with Crippen LogP contribution in [0.2, 0.25) is 0 Å². The minimum absolute atomic E-state index is 0.263. The molecule has 0 saturated heterocycles. The lowest BCUT2D eigenvalue weighted by molar-refractivity contribution is 0.0946. The van der Waals surface area contributed by atoms with E-state index in [2.05, 4.69) is 10.3 Å². The highest BCUT2D eigenvalue weighted by Gasteiger charge is 2.17. The largest absolute Gasteiger partial charge is 0.493 e. The SMILES string of the molecule is COc1cccc(-c2nc(C(=O)NCc3ccc(F)c(C)c3)cs2)c1OC. The van der Waals surface area contributed by atoms with Gasteiger partial charge >= 0.3 is 0 Å². The van der Waals surface area contributed by atoms with Crippen molar-refractivity contribution in [2.24, 2.45) is 0 Å². The van der Waals surface area contributed by atoms with Crippen LogP contribution < -0.4 is 14.8 Å². The number of nitrogens with one attached hydrogen (secondary N) is 1. The van der Waals surface area contributed by atoms with Crippen LogP contribution in [-0.4, -0.2) is 25.1 Å². The average Bonchev–Trinajstić information content (AvgIpc) is 3.18. The summed E-state index contributed by atoms with van der Waals surface area (Å²) in [5, 5.41) is 5.16. The lowest BCUT2D eigenvalue weighted by Crippen LogP contribution is -2.23. The second kappa shape index (κ2) is 8.18. The summed E-state index contributed by atoms with van der Waals surface area (Å²) in [6.07, 6.45) is 0. The molecule has 1 amide bonds. The van der Waals surface area contributed by atoms with E-state index in [9.17, 15) is 9.18 Å². The molecule has 0 saturated carbocycles. The number of rotatable bonds is 6. The maximum Gasteiger partial charge on any atom is 0.271 e. The fourth-order valence-corrected chi connectivity index (χ4v) is 3.47. The van der Waals surface area contributed by atoms with Crippen molar-refractivity contribution in [3.8, 4) is 22.1 Å². The number of carbonyl (C=O) groups excluding carboxylic acids is 1. The standard InChI is InChI=1S/C20H19FN2O3S/c1-12-9-13(7-8-15(12)21)10-22-19(24)16-11-27-20(23-16)14-5-4-6-17(25-2)18(14)26-3/h4-9,11H,10H2,1-3H3,(H,22,24). The van der Waals surface area contributed by atoms with Gasteiger partial charge < -0.3 is 14.8 Å². The predicted molar refractivity (Wildman–Crippen MR) is 103 cm³/mol. The van der Waals surface area contributed by atoms with Gasteiger partial charge in [-0.1, -0.05) is 18.2 Å². The van der Waals surface area contributed by atoms with Crippen LogP contribution in [0.15, 0.2) is 41.8 Å². The summed E-state index contributed by atoms with van der Waals surface area (Å²) >= 11 is 1.35. The third kappa shape index (κ3) is 4.09. The second-order valence-corrected chi connectivity index (χ2v) is 6.70. The molecule has 7 heteroatoms. The van der Waals surface area contributed by atoms with Crippen molar-refractivity contribution in [3.63, 3.8) is 0 Å². The van der Waals surface area contributed by atoms with Crippen molar-refractivity contribution in [2.45, 2.75) is 13.5 Å². The predicted octanol–water partition coefficient (Wildman–Crippen LogP) is 4.20. The van der Waals surface area contributed by atoms with Crippen LogP contribution in [0.3, 0.4) is 0 Å². The number of methoxy groups -OCH3 is 2. The Hall–Kier alpha value is -2.93. The number of para-hydroxylation sites is 1. The molecule has 0 aliphatic carbocycles. The van der Waals surface area contributed by atoms with E-state index in [1.54, 1.807) is 44.7 Å². The van der Waals surface area contributed by atoms with E-state index in [1.807, 2.05) is 12.1 Å². The van der Waals surface area contributed by atoms with E-state index >= 15 is 0 Å². The van der Waals surface area contributed by atoms with Crippen LogP contribution in [0.1, 0.15) is 21.6 Å². The first-order valence-electron chi connectivity index (χ1n) is 8.23. The molecule has 1 N–H and O–H groups in total. The smallest absolute Gasteiger partial charge is 0.271 e. The van der Waals surface area contributed by atoms with Crippen molar-refractivity contribution in [1.82, 2.24) is 10.3 Å². The molecular weight excluding hydrogens is 367 g/mol. The molecule has 0 unspecified atom stereocenters. The van der Waals surface area contributed by atoms with Gasteiger partial charge in [0.15, 0.2) is 11.5 Å². The molecule has 0 aliphatic rings. The number of aryl methyl sites for hydroxylation is 1. The molecule has 5 nitrogen and oxygen atoms in total. The molecule has 1 aromatic heterocycles. The first-order valence-corrected chi connectivity index (χ1v) is 9.11. The minimum atomic E-state index is -0.290. The van der Waals surface area contributed by atoms with E-state index in [0.717, 1.165) is 11.1 Å². The highest BCUT2D eigenvalue weighted by molar-refractivity contribution is 7.13. The molecule has 3 rings (SSSR count). The maximum absolute atomic E-state index is 13.3. The molecule has 2 aromatic carbocycles. The number of nitrogens with zero attached hydrogens (tertiary/aromatic N) is 1. The van der Waals surface area contributed by atoms with Gasteiger partial charge in [0.2, 0.25) is 0 Å². The molecule has 0 aliphatic heterocycles. The van der Waals surface area contributed by atoms with E-state index in [0.29, 0.717) is 34.3 Å². The summed E-state index contributed by atoms with van der Waals surface area (Å²) in [6.45, 7) is 1.99. The zero-order valence-electron chi connectivity index (χ0n) is 15.2. The number of hydrogen-bond donors (Lipinski definition) is 1. The fraction of sp³-hybridized carbons (Fsp3) is 0.200. The highest BCUT2D eigenvalue weighted by atomic mass is 32.1. The Morgan fingerprint density at radius 3 is 2.74 bits per heavy atom. The van der Waals surface area contributed by atoms with Gasteiger partial charge in [-0.2, -0.15) is 0 Å². The number of ether oxygens (including phenoxy) is 2. The summed E-state index contributed by atoms with van der Waals surface area (Å²) in [6, 6.07) is 10.3. The van der Waals surface area contributed by atoms with Gasteiger partial charge in [-0.05, 0) is 36.2 Å². The molecule has 0 fully saturated rings. The van der Waals surface area contributed by atoms with Gasteiger partial charge in [0, 0.05) is 11.9 Å². The van der Waals surface area contributed by atoms with Crippen molar-refractivity contribution in [1.29, 1.82) is 0 Å². The number of hydrogen-bond acceptors (Lipinski definition) is 5. The summed E-state index contributed by atoms with van der Waals surface area (Å²) < 4.78 is 24.1. The zero-order chi connectivity index (χ0) is 19.4. The van der Waals surface area contributed by atoms with Gasteiger partial charge in [0.25, 0.3) is 5.91 Å². The first-order chi connectivity index (χ1) is 13.0. The third-order valence-corrected chi connectivity index (χ3v) is 4.92. The summed E-state index contributed by atoms with van der Waals surface area (Å²) in [5.74, 6) is 0.619. The molecule has 0 bridgehead atoms. The second-order valence-electron chi connectivity index (χ2n) is 5.85. The Balaban J connectivity index is 1.75. The molecule has 27 heavy (non-hydrogen) atoms. The fourth-order valence-electron chi connectivity index (χ4n) is 2.65. The van der Waals surface area contributed by atoms with E-state index in [1.165, 1.54) is 17.4 Å². The number of thiazole rings is 1. The third-order valence-electron chi connectivity index (χ3n) is 4.05. The Labute approximate surface area is 160 Å². The average molecular weight is 386 g/mol. The Morgan fingerprint density at radius 1 is 1.22 bits per heavy atom. The molecular formula is C20H19FN2O3S. The highest BCUT2D eigenvalue weighted by Crippen LogP contribution is 2.38. The zero-order valence-corrected chi connectivity index (χ0v) is 16.0. The summed E-state index contributed by atoms with van der Waals surface area (Å²) in [4.78, 5) is 16.8. The molecule has 1 heterocycles. The quantitative estimate of drug-likeness (QED) is 0.690. The normalized spacial score (nSPS) is 10.5. The summed E-state index contributed by atoms with van der Waals surface area (Å²) in [5.41, 5.74) is 2.45. The van der Waals surface area contributed by atoms with Crippen LogP contribution in [0.25, 0.3) is 10.6 Å². The Morgan fingerprint density at radius 2 is 2.04 bits per heavy atom. The number of carbonyl (C=O) groups is 1. The topological polar surface area (TPSA) is 60.5 Å². The van der Waals surface area contributed by atoms with Crippen molar-refractivity contribution in [2.75, 3.05) is 14.2 Å². The van der Waals surface area contributed by atoms with Gasteiger partial charge in [0.05, 0.1) is 19.8 Å². The molecule has 0 atom stereocenters. The van der Waals surface area contributed by atoms with Crippen molar-refractivity contribution >= 4 is 17.2 Å². The Kier molecular flexibility index (Phi) is 5.71. The maximum atomic E-state index is 13.3.